The van der Waals surface area contributed by atoms with Gasteiger partial charge in [-0.15, -0.1) is 24.5 Å². The molecule has 1 heterocycles. The molecule has 33 heavy (non-hydrogen) atoms. The van der Waals surface area contributed by atoms with Crippen LogP contribution in [0.3, 0.4) is 0 Å². The number of halogens is 4. The van der Waals surface area contributed by atoms with Crippen LogP contribution < -0.4 is 20.6 Å². The molecule has 176 valence electrons. The third-order valence-corrected chi connectivity index (χ3v) is 5.68. The van der Waals surface area contributed by atoms with Crippen molar-refractivity contribution in [3.8, 4) is 17.0 Å². The standard InChI is InChI=1S/C22H22ClF3N4O2S/c23-17-6-2-15(3-7-17)12-29-21-30(11-1-10-28-13-20(27)31)19(14-33-21)16-4-8-18(9-5-16)32-22(24,25)26/h2-9,14,28H,1,10-13H2,(H2,27,31)/b29-21-. The van der Waals surface area contributed by atoms with Crippen LogP contribution in [0.4, 0.5) is 13.2 Å². The highest BCUT2D eigenvalue weighted by Gasteiger charge is 2.31. The van der Waals surface area contributed by atoms with Crippen LogP contribution in [0.2, 0.25) is 5.02 Å². The molecule has 0 atom stereocenters. The second kappa shape index (κ2) is 11.4. The zero-order valence-corrected chi connectivity index (χ0v) is 19.0. The molecule has 3 rings (SSSR count). The predicted octanol–water partition coefficient (Wildman–Crippen LogP) is 4.33. The van der Waals surface area contributed by atoms with Gasteiger partial charge in [0.25, 0.3) is 0 Å². The Kier molecular flexibility index (Phi) is 8.54. The molecule has 0 saturated heterocycles. The maximum absolute atomic E-state index is 12.5. The molecular weight excluding hydrogens is 477 g/mol. The van der Waals surface area contributed by atoms with Crippen LogP contribution in [0.1, 0.15) is 12.0 Å². The average Bonchev–Trinajstić information content (AvgIpc) is 3.15. The van der Waals surface area contributed by atoms with E-state index in [1.165, 1.54) is 23.5 Å². The number of carbonyl (C=O) groups excluding carboxylic acids is 1. The Hall–Kier alpha value is -2.82. The Bertz CT molecular complexity index is 1130. The SMILES string of the molecule is NC(=O)CNCCCn1c(-c2ccc(OC(F)(F)F)cc2)cs/c1=N\Cc1ccc(Cl)cc1. The maximum atomic E-state index is 12.5. The largest absolute Gasteiger partial charge is 0.573 e. The van der Waals surface area contributed by atoms with E-state index >= 15 is 0 Å². The van der Waals surface area contributed by atoms with Crippen molar-refractivity contribution in [3.05, 3.63) is 69.3 Å². The number of amides is 1. The summed E-state index contributed by atoms with van der Waals surface area (Å²) in [6, 6.07) is 13.1. The van der Waals surface area contributed by atoms with Crippen LogP contribution in [-0.2, 0) is 17.9 Å². The van der Waals surface area contributed by atoms with Gasteiger partial charge in [-0.05, 0) is 60.5 Å². The first-order chi connectivity index (χ1) is 15.7. The number of rotatable bonds is 10. The molecule has 3 N–H and O–H groups in total. The van der Waals surface area contributed by atoms with Gasteiger partial charge in [-0.1, -0.05) is 23.7 Å². The number of primary amides is 1. The van der Waals surface area contributed by atoms with Gasteiger partial charge in [0.05, 0.1) is 18.8 Å². The summed E-state index contributed by atoms with van der Waals surface area (Å²) in [6.45, 7) is 1.70. The van der Waals surface area contributed by atoms with E-state index in [1.807, 2.05) is 22.1 Å². The smallest absolute Gasteiger partial charge is 0.406 e. The quantitative estimate of drug-likeness (QED) is 0.408. The van der Waals surface area contributed by atoms with Gasteiger partial charge >= 0.3 is 6.36 Å². The Balaban J connectivity index is 1.83. The van der Waals surface area contributed by atoms with Gasteiger partial charge < -0.3 is 20.4 Å². The number of carbonyl (C=O) groups is 1. The number of alkyl halides is 3. The summed E-state index contributed by atoms with van der Waals surface area (Å²) in [6.07, 6.45) is -4.05. The number of nitrogens with zero attached hydrogens (tertiary/aromatic N) is 2. The number of thiazole rings is 1. The molecule has 0 fully saturated rings. The lowest BCUT2D eigenvalue weighted by atomic mass is 10.1. The monoisotopic (exact) mass is 498 g/mol. The van der Waals surface area contributed by atoms with Crippen LogP contribution in [0.15, 0.2) is 58.9 Å². The van der Waals surface area contributed by atoms with Gasteiger partial charge in [0.15, 0.2) is 4.80 Å². The molecule has 6 nitrogen and oxygen atoms in total. The Morgan fingerprint density at radius 2 is 1.85 bits per heavy atom. The molecule has 1 aromatic heterocycles. The molecule has 1 amide bonds. The number of benzene rings is 2. The highest BCUT2D eigenvalue weighted by atomic mass is 35.5. The Morgan fingerprint density at radius 3 is 2.48 bits per heavy atom. The number of aromatic nitrogens is 1. The van der Waals surface area contributed by atoms with Gasteiger partial charge in [0, 0.05) is 16.9 Å². The van der Waals surface area contributed by atoms with Crippen molar-refractivity contribution in [2.45, 2.75) is 25.9 Å². The minimum Gasteiger partial charge on any atom is -0.406 e. The molecule has 0 saturated carbocycles. The summed E-state index contributed by atoms with van der Waals surface area (Å²) in [5, 5.41) is 5.53. The van der Waals surface area contributed by atoms with E-state index < -0.39 is 12.3 Å². The average molecular weight is 499 g/mol. The van der Waals surface area contributed by atoms with Crippen molar-refractivity contribution in [1.29, 1.82) is 0 Å². The highest BCUT2D eigenvalue weighted by molar-refractivity contribution is 7.07. The molecule has 2 aromatic carbocycles. The minimum atomic E-state index is -4.74. The van der Waals surface area contributed by atoms with Crippen LogP contribution in [0.5, 0.6) is 5.75 Å². The lowest BCUT2D eigenvalue weighted by Gasteiger charge is -2.12. The first-order valence-corrected chi connectivity index (χ1v) is 11.3. The van der Waals surface area contributed by atoms with E-state index in [9.17, 15) is 18.0 Å². The molecule has 11 heteroatoms. The fraction of sp³-hybridized carbons (Fsp3) is 0.273. The first kappa shape index (κ1) is 24.8. The van der Waals surface area contributed by atoms with E-state index in [2.05, 4.69) is 10.1 Å². The van der Waals surface area contributed by atoms with Crippen LogP contribution >= 0.6 is 22.9 Å². The molecule has 0 bridgehead atoms. The Labute approximate surface area is 197 Å². The van der Waals surface area contributed by atoms with Gasteiger partial charge in [0.1, 0.15) is 5.75 Å². The van der Waals surface area contributed by atoms with E-state index in [1.54, 1.807) is 24.3 Å². The molecule has 0 aliphatic carbocycles. The molecule has 0 aliphatic heterocycles. The number of nitrogens with two attached hydrogens (primary N) is 1. The molecule has 0 unspecified atom stereocenters. The van der Waals surface area contributed by atoms with E-state index in [0.29, 0.717) is 31.1 Å². The summed E-state index contributed by atoms with van der Waals surface area (Å²) < 4.78 is 43.3. The molecule has 0 spiro atoms. The maximum Gasteiger partial charge on any atom is 0.573 e. The first-order valence-electron chi connectivity index (χ1n) is 10.00. The summed E-state index contributed by atoms with van der Waals surface area (Å²) in [5.74, 6) is -0.713. The second-order valence-electron chi connectivity index (χ2n) is 7.07. The summed E-state index contributed by atoms with van der Waals surface area (Å²) >= 11 is 7.38. The summed E-state index contributed by atoms with van der Waals surface area (Å²) in [5.41, 5.74) is 7.69. The molecular formula is C22H22ClF3N4O2S. The summed E-state index contributed by atoms with van der Waals surface area (Å²) in [4.78, 5) is 16.4. The van der Waals surface area contributed by atoms with Crippen LogP contribution in [0, 0.1) is 0 Å². The van der Waals surface area contributed by atoms with Gasteiger partial charge in [0.2, 0.25) is 5.91 Å². The third kappa shape index (κ3) is 7.92. The second-order valence-corrected chi connectivity index (χ2v) is 8.34. The summed E-state index contributed by atoms with van der Waals surface area (Å²) in [7, 11) is 0. The highest BCUT2D eigenvalue weighted by Crippen LogP contribution is 2.27. The minimum absolute atomic E-state index is 0.0929. The van der Waals surface area contributed by atoms with Crippen molar-refractivity contribution in [2.24, 2.45) is 10.7 Å². The van der Waals surface area contributed by atoms with Crippen LogP contribution in [0.25, 0.3) is 11.3 Å². The van der Waals surface area contributed by atoms with Crippen molar-refractivity contribution < 1.29 is 22.7 Å². The zero-order valence-electron chi connectivity index (χ0n) is 17.4. The van der Waals surface area contributed by atoms with Gasteiger partial charge in [-0.3, -0.25) is 9.79 Å². The molecule has 0 radical (unpaired) electrons. The lowest BCUT2D eigenvalue weighted by molar-refractivity contribution is -0.274. The topological polar surface area (TPSA) is 81.6 Å². The van der Waals surface area contributed by atoms with E-state index in [-0.39, 0.29) is 12.3 Å². The fourth-order valence-corrected chi connectivity index (χ4v) is 4.11. The number of nitrogens with one attached hydrogen (secondary N) is 1. The van der Waals surface area contributed by atoms with Gasteiger partial charge in [-0.25, -0.2) is 0 Å². The number of hydrogen-bond acceptors (Lipinski definition) is 5. The van der Waals surface area contributed by atoms with Crippen LogP contribution in [-0.4, -0.2) is 29.9 Å². The van der Waals surface area contributed by atoms with Gasteiger partial charge in [-0.2, -0.15) is 0 Å². The predicted molar refractivity (Wildman–Crippen MR) is 122 cm³/mol. The molecule has 0 aliphatic rings. The van der Waals surface area contributed by atoms with E-state index in [4.69, 9.17) is 22.3 Å². The van der Waals surface area contributed by atoms with E-state index in [0.717, 1.165) is 21.6 Å². The van der Waals surface area contributed by atoms with Crippen molar-refractivity contribution in [3.63, 3.8) is 0 Å². The number of hydrogen-bond donors (Lipinski definition) is 2. The molecule has 3 aromatic rings. The van der Waals surface area contributed by atoms with Crippen molar-refractivity contribution in [1.82, 2.24) is 9.88 Å². The number of ether oxygens (including phenoxy) is 1. The normalized spacial score (nSPS) is 12.2. The van der Waals surface area contributed by atoms with Crippen molar-refractivity contribution in [2.75, 3.05) is 13.1 Å². The van der Waals surface area contributed by atoms with Crippen molar-refractivity contribution >= 4 is 28.8 Å². The third-order valence-electron chi connectivity index (χ3n) is 4.53. The lowest BCUT2D eigenvalue weighted by Crippen LogP contribution is -2.30. The fourth-order valence-electron chi connectivity index (χ4n) is 3.05. The zero-order chi connectivity index (χ0) is 23.8. The Morgan fingerprint density at radius 1 is 1.15 bits per heavy atom.